The molecular weight excluding hydrogens is 369 g/mol. The van der Waals surface area contributed by atoms with E-state index in [0.29, 0.717) is 15.6 Å². The van der Waals surface area contributed by atoms with Gasteiger partial charge in [0.2, 0.25) is 18.0 Å². The highest BCUT2D eigenvalue weighted by Gasteiger charge is 2.36. The smallest absolute Gasteiger partial charge is 0.282 e. The first kappa shape index (κ1) is 17.2. The van der Waals surface area contributed by atoms with Gasteiger partial charge in [0.25, 0.3) is 5.69 Å². The van der Waals surface area contributed by atoms with Crippen molar-refractivity contribution in [2.75, 3.05) is 0 Å². The second kappa shape index (κ2) is 6.70. The molecule has 1 aliphatic rings. The largest absolute Gasteiger partial charge is 0.445 e. The Morgan fingerprint density at radius 3 is 2.64 bits per heavy atom. The molecule has 1 aliphatic heterocycles. The lowest BCUT2D eigenvalue weighted by Crippen LogP contribution is -2.25. The van der Waals surface area contributed by atoms with Gasteiger partial charge in [-0.1, -0.05) is 41.4 Å². The Kier molecular flexibility index (Phi) is 4.61. The molecule has 7 nitrogen and oxygen atoms in total. The first-order valence-corrected chi connectivity index (χ1v) is 7.88. The molecule has 1 heterocycles. The highest BCUT2D eigenvalue weighted by Crippen LogP contribution is 2.36. The third-order valence-electron chi connectivity index (χ3n) is 3.53. The van der Waals surface area contributed by atoms with Crippen molar-refractivity contribution in [3.8, 4) is 0 Å². The summed E-state index contributed by atoms with van der Waals surface area (Å²) in [6, 6.07) is 10.7. The number of para-hydroxylation sites is 1. The van der Waals surface area contributed by atoms with E-state index in [1.165, 1.54) is 31.2 Å². The maximum Gasteiger partial charge on any atom is 0.282 e. The fourth-order valence-electron chi connectivity index (χ4n) is 2.39. The number of carbonyl (C=O) groups is 1. The Hall–Kier alpha value is -2.64. The van der Waals surface area contributed by atoms with Crippen molar-refractivity contribution in [2.24, 2.45) is 5.10 Å². The zero-order valence-corrected chi connectivity index (χ0v) is 14.4. The van der Waals surface area contributed by atoms with Crippen molar-refractivity contribution in [3.63, 3.8) is 0 Å². The normalized spacial score (nSPS) is 16.4. The molecule has 0 bridgehead atoms. The minimum atomic E-state index is -0.933. The maximum atomic E-state index is 11.9. The number of carbonyl (C=O) groups excluding carboxylic acids is 1. The van der Waals surface area contributed by atoms with Crippen molar-refractivity contribution in [3.05, 3.63) is 73.8 Å². The third kappa shape index (κ3) is 3.29. The number of rotatable bonds is 3. The number of nitro benzene ring substituents is 1. The molecule has 2 aromatic carbocycles. The maximum absolute atomic E-state index is 11.9. The van der Waals surface area contributed by atoms with Gasteiger partial charge < -0.3 is 4.74 Å². The van der Waals surface area contributed by atoms with Gasteiger partial charge in [0.15, 0.2) is 0 Å². The Morgan fingerprint density at radius 2 is 2.00 bits per heavy atom. The summed E-state index contributed by atoms with van der Waals surface area (Å²) in [6.07, 6.45) is -0.933. The number of amides is 1. The number of ether oxygens (including phenoxy) is 1. The lowest BCUT2D eigenvalue weighted by molar-refractivity contribution is -0.385. The molecule has 0 spiro atoms. The molecule has 9 heteroatoms. The molecule has 128 valence electrons. The van der Waals surface area contributed by atoms with Crippen LogP contribution in [0.25, 0.3) is 0 Å². The average Bonchev–Trinajstić information content (AvgIpc) is 3.00. The molecule has 0 aromatic heterocycles. The fourth-order valence-corrected chi connectivity index (χ4v) is 2.89. The molecule has 25 heavy (non-hydrogen) atoms. The van der Waals surface area contributed by atoms with Crippen LogP contribution >= 0.6 is 23.2 Å². The van der Waals surface area contributed by atoms with Crippen LogP contribution in [0.3, 0.4) is 0 Å². The summed E-state index contributed by atoms with van der Waals surface area (Å²) >= 11 is 12.1. The van der Waals surface area contributed by atoms with Crippen molar-refractivity contribution < 1.29 is 14.5 Å². The van der Waals surface area contributed by atoms with Crippen LogP contribution in [0.5, 0.6) is 0 Å². The summed E-state index contributed by atoms with van der Waals surface area (Å²) < 4.78 is 5.74. The van der Waals surface area contributed by atoms with Crippen molar-refractivity contribution >= 4 is 40.7 Å². The molecule has 0 radical (unpaired) electrons. The molecule has 3 rings (SSSR count). The average molecular weight is 380 g/mol. The highest BCUT2D eigenvalue weighted by atomic mass is 35.5. The van der Waals surface area contributed by atoms with Gasteiger partial charge in [0.05, 0.1) is 9.95 Å². The standard InChI is InChI=1S/C16H11Cl2N3O4/c1-9(22)20-16(11-7-6-10(17)8-13(11)18)25-15(19-20)12-4-2-3-5-14(12)21(23)24/h2-8,16H,1H3/t16-/m1/s1. The second-order valence-electron chi connectivity index (χ2n) is 5.18. The zero-order valence-electron chi connectivity index (χ0n) is 12.8. The van der Waals surface area contributed by atoms with Gasteiger partial charge >= 0.3 is 0 Å². The molecule has 1 amide bonds. The first-order valence-electron chi connectivity index (χ1n) is 7.12. The van der Waals surface area contributed by atoms with E-state index < -0.39 is 17.1 Å². The Balaban J connectivity index is 2.04. The molecule has 0 N–H and O–H groups in total. The first-order chi connectivity index (χ1) is 11.9. The summed E-state index contributed by atoms with van der Waals surface area (Å²) in [7, 11) is 0. The molecular formula is C16H11Cl2N3O4. The van der Waals surface area contributed by atoms with Crippen LogP contribution in [0, 0.1) is 10.1 Å². The van der Waals surface area contributed by atoms with Crippen LogP contribution in [0.15, 0.2) is 47.6 Å². The van der Waals surface area contributed by atoms with E-state index in [4.69, 9.17) is 27.9 Å². The summed E-state index contributed by atoms with van der Waals surface area (Å²) in [5, 5.41) is 17.1. The van der Waals surface area contributed by atoms with E-state index in [9.17, 15) is 14.9 Å². The van der Waals surface area contributed by atoms with E-state index in [0.717, 1.165) is 5.01 Å². The lowest BCUT2D eigenvalue weighted by Gasteiger charge is -2.20. The van der Waals surface area contributed by atoms with Crippen LogP contribution in [0.2, 0.25) is 10.0 Å². The van der Waals surface area contributed by atoms with Crippen LogP contribution in [-0.4, -0.2) is 21.7 Å². The van der Waals surface area contributed by atoms with Gasteiger partial charge in [0, 0.05) is 23.6 Å². The number of halogens is 2. The number of hydrazone groups is 1. The quantitative estimate of drug-likeness (QED) is 0.592. The van der Waals surface area contributed by atoms with Crippen LogP contribution in [-0.2, 0) is 9.53 Å². The minimum Gasteiger partial charge on any atom is -0.445 e. The van der Waals surface area contributed by atoms with E-state index in [2.05, 4.69) is 5.10 Å². The number of hydrogen-bond donors (Lipinski definition) is 0. The van der Waals surface area contributed by atoms with Crippen LogP contribution < -0.4 is 0 Å². The molecule has 0 saturated heterocycles. The minimum absolute atomic E-state index is 0.0292. The Morgan fingerprint density at radius 1 is 1.28 bits per heavy atom. The van der Waals surface area contributed by atoms with Crippen molar-refractivity contribution in [2.45, 2.75) is 13.2 Å². The number of nitrogens with zero attached hydrogens (tertiary/aromatic N) is 3. The highest BCUT2D eigenvalue weighted by molar-refractivity contribution is 6.35. The summed E-state index contributed by atoms with van der Waals surface area (Å²) in [6.45, 7) is 1.31. The molecule has 1 atom stereocenters. The molecule has 2 aromatic rings. The van der Waals surface area contributed by atoms with E-state index in [-0.39, 0.29) is 17.1 Å². The monoisotopic (exact) mass is 379 g/mol. The molecule has 0 unspecified atom stereocenters. The van der Waals surface area contributed by atoms with E-state index >= 15 is 0 Å². The summed E-state index contributed by atoms with van der Waals surface area (Å²) in [5.41, 5.74) is 0.470. The van der Waals surface area contributed by atoms with Gasteiger partial charge in [-0.3, -0.25) is 14.9 Å². The van der Waals surface area contributed by atoms with E-state index in [1.807, 2.05) is 0 Å². The predicted octanol–water partition coefficient (Wildman–Crippen LogP) is 4.14. The molecule has 0 aliphatic carbocycles. The van der Waals surface area contributed by atoms with Gasteiger partial charge in [-0.2, -0.15) is 5.01 Å². The van der Waals surface area contributed by atoms with Crippen molar-refractivity contribution in [1.82, 2.24) is 5.01 Å². The second-order valence-corrected chi connectivity index (χ2v) is 6.02. The number of hydrogen-bond acceptors (Lipinski definition) is 5. The zero-order chi connectivity index (χ0) is 18.1. The summed E-state index contributed by atoms with van der Waals surface area (Å²) in [4.78, 5) is 22.6. The Labute approximate surface area is 152 Å². The molecule has 0 fully saturated rings. The van der Waals surface area contributed by atoms with Gasteiger partial charge in [-0.05, 0) is 18.2 Å². The van der Waals surface area contributed by atoms with Crippen molar-refractivity contribution in [1.29, 1.82) is 0 Å². The van der Waals surface area contributed by atoms with Crippen LogP contribution in [0.4, 0.5) is 5.69 Å². The fraction of sp³-hybridized carbons (Fsp3) is 0.125. The molecule has 0 saturated carbocycles. The van der Waals surface area contributed by atoms with Gasteiger partial charge in [-0.25, -0.2) is 0 Å². The SMILES string of the molecule is CC(=O)N1N=C(c2ccccc2[N+](=O)[O-])O[C@@H]1c1ccc(Cl)cc1Cl. The topological polar surface area (TPSA) is 85.0 Å². The summed E-state index contributed by atoms with van der Waals surface area (Å²) in [5.74, 6) is -0.428. The number of nitro groups is 1. The Bertz CT molecular complexity index is 901. The number of benzene rings is 2. The van der Waals surface area contributed by atoms with Gasteiger partial charge in [0.1, 0.15) is 5.56 Å². The van der Waals surface area contributed by atoms with E-state index in [1.54, 1.807) is 18.2 Å². The van der Waals surface area contributed by atoms with Gasteiger partial charge in [-0.15, -0.1) is 5.10 Å². The predicted molar refractivity (Wildman–Crippen MR) is 92.4 cm³/mol. The third-order valence-corrected chi connectivity index (χ3v) is 4.09. The lowest BCUT2D eigenvalue weighted by atomic mass is 10.1. The van der Waals surface area contributed by atoms with Crippen LogP contribution in [0.1, 0.15) is 24.3 Å².